The molecular weight excluding hydrogens is 280 g/mol. The smallest absolute Gasteiger partial charge is 0.269 e. The third-order valence-electron chi connectivity index (χ3n) is 3.58. The van der Waals surface area contributed by atoms with E-state index in [1.807, 2.05) is 31.2 Å². The molecule has 0 aromatic heterocycles. The molecule has 0 spiro atoms. The number of hydrogen-bond donors (Lipinski definition) is 1. The van der Waals surface area contributed by atoms with E-state index in [1.165, 1.54) is 12.1 Å². The van der Waals surface area contributed by atoms with Crippen molar-refractivity contribution < 1.29 is 9.66 Å². The molecule has 2 aromatic carbocycles. The van der Waals surface area contributed by atoms with Gasteiger partial charge in [0, 0.05) is 18.1 Å². The van der Waals surface area contributed by atoms with Crippen LogP contribution in [0.15, 0.2) is 48.5 Å². The van der Waals surface area contributed by atoms with E-state index < -0.39 is 4.92 Å². The molecule has 116 valence electrons. The Morgan fingerprint density at radius 3 is 2.27 bits per heavy atom. The molecule has 0 fully saturated rings. The van der Waals surface area contributed by atoms with Crippen LogP contribution in [-0.2, 0) is 6.42 Å². The number of nitro groups is 1. The molecule has 0 aliphatic rings. The van der Waals surface area contributed by atoms with Crippen molar-refractivity contribution in [3.63, 3.8) is 0 Å². The van der Waals surface area contributed by atoms with E-state index in [2.05, 4.69) is 0 Å². The van der Waals surface area contributed by atoms with E-state index in [9.17, 15) is 10.1 Å². The van der Waals surface area contributed by atoms with E-state index in [4.69, 9.17) is 10.5 Å². The van der Waals surface area contributed by atoms with Crippen LogP contribution in [0.5, 0.6) is 5.75 Å². The molecule has 1 atom stereocenters. The Morgan fingerprint density at radius 1 is 1.14 bits per heavy atom. The third kappa shape index (κ3) is 4.05. The molecular formula is C17H20N2O3. The number of benzene rings is 2. The summed E-state index contributed by atoms with van der Waals surface area (Å²) in [6, 6.07) is 14.6. The normalized spacial score (nSPS) is 11.9. The van der Waals surface area contributed by atoms with E-state index in [1.54, 1.807) is 12.1 Å². The van der Waals surface area contributed by atoms with Crippen molar-refractivity contribution in [3.8, 4) is 5.75 Å². The van der Waals surface area contributed by atoms with Crippen LogP contribution < -0.4 is 10.5 Å². The first kappa shape index (κ1) is 16.0. The van der Waals surface area contributed by atoms with Crippen molar-refractivity contribution in [2.75, 3.05) is 13.2 Å². The summed E-state index contributed by atoms with van der Waals surface area (Å²) in [6.07, 6.45) is 0.752. The molecule has 5 heteroatoms. The lowest BCUT2D eigenvalue weighted by molar-refractivity contribution is -0.384. The zero-order valence-electron chi connectivity index (χ0n) is 12.6. The summed E-state index contributed by atoms with van der Waals surface area (Å²) in [5.74, 6) is 1.02. The van der Waals surface area contributed by atoms with E-state index in [0.29, 0.717) is 13.2 Å². The largest absolute Gasteiger partial charge is 0.494 e. The van der Waals surface area contributed by atoms with Crippen molar-refractivity contribution in [3.05, 3.63) is 69.8 Å². The fourth-order valence-corrected chi connectivity index (χ4v) is 2.38. The SMILES string of the molecule is CCOc1ccc(C(CN)Cc2ccc([N+](=O)[O-])cc2)cc1. The van der Waals surface area contributed by atoms with Gasteiger partial charge in [-0.25, -0.2) is 0 Å². The molecule has 2 N–H and O–H groups in total. The number of ether oxygens (including phenoxy) is 1. The van der Waals surface area contributed by atoms with Gasteiger partial charge in [-0.1, -0.05) is 24.3 Å². The van der Waals surface area contributed by atoms with Crippen molar-refractivity contribution >= 4 is 5.69 Å². The number of nitrogens with zero attached hydrogens (tertiary/aromatic N) is 1. The lowest BCUT2D eigenvalue weighted by Gasteiger charge is -2.16. The fraction of sp³-hybridized carbons (Fsp3) is 0.294. The lowest BCUT2D eigenvalue weighted by atomic mass is 9.92. The van der Waals surface area contributed by atoms with Crippen LogP contribution in [0.1, 0.15) is 24.0 Å². The maximum absolute atomic E-state index is 10.7. The summed E-state index contributed by atoms with van der Waals surface area (Å²) in [5, 5.41) is 10.7. The molecule has 2 rings (SSSR count). The van der Waals surface area contributed by atoms with Gasteiger partial charge in [0.05, 0.1) is 11.5 Å². The van der Waals surface area contributed by atoms with Gasteiger partial charge < -0.3 is 10.5 Å². The average Bonchev–Trinajstić information content (AvgIpc) is 2.54. The van der Waals surface area contributed by atoms with E-state index >= 15 is 0 Å². The first-order chi connectivity index (χ1) is 10.6. The van der Waals surface area contributed by atoms with Crippen LogP contribution in [0.4, 0.5) is 5.69 Å². The monoisotopic (exact) mass is 300 g/mol. The second kappa shape index (κ2) is 7.56. The second-order valence-electron chi connectivity index (χ2n) is 5.06. The Morgan fingerprint density at radius 2 is 1.77 bits per heavy atom. The molecule has 22 heavy (non-hydrogen) atoms. The van der Waals surface area contributed by atoms with Crippen LogP contribution in [0.3, 0.4) is 0 Å². The third-order valence-corrected chi connectivity index (χ3v) is 3.58. The van der Waals surface area contributed by atoms with Crippen molar-refractivity contribution in [1.82, 2.24) is 0 Å². The Labute approximate surface area is 129 Å². The molecule has 0 aliphatic carbocycles. The summed E-state index contributed by atoms with van der Waals surface area (Å²) in [4.78, 5) is 10.3. The molecule has 0 heterocycles. The Kier molecular flexibility index (Phi) is 5.49. The van der Waals surface area contributed by atoms with Crippen LogP contribution in [0.25, 0.3) is 0 Å². The number of nitro benzene ring substituents is 1. The minimum Gasteiger partial charge on any atom is -0.494 e. The molecule has 5 nitrogen and oxygen atoms in total. The highest BCUT2D eigenvalue weighted by molar-refractivity contribution is 5.35. The summed E-state index contributed by atoms with van der Waals surface area (Å²) in [5.41, 5.74) is 8.17. The van der Waals surface area contributed by atoms with Crippen molar-refractivity contribution in [2.24, 2.45) is 5.73 Å². The molecule has 0 radical (unpaired) electrons. The topological polar surface area (TPSA) is 78.4 Å². The van der Waals surface area contributed by atoms with Gasteiger partial charge in [0.15, 0.2) is 0 Å². The van der Waals surface area contributed by atoms with Gasteiger partial charge >= 0.3 is 0 Å². The quantitative estimate of drug-likeness (QED) is 0.628. The molecule has 0 amide bonds. The number of nitrogens with two attached hydrogens (primary N) is 1. The van der Waals surface area contributed by atoms with Gasteiger partial charge in [0.2, 0.25) is 0 Å². The zero-order valence-corrected chi connectivity index (χ0v) is 12.6. The minimum absolute atomic E-state index is 0.106. The maximum Gasteiger partial charge on any atom is 0.269 e. The summed E-state index contributed by atoms with van der Waals surface area (Å²) >= 11 is 0. The molecule has 0 saturated heterocycles. The molecule has 1 unspecified atom stereocenters. The summed E-state index contributed by atoms with van der Waals surface area (Å²) < 4.78 is 5.43. The first-order valence-corrected chi connectivity index (χ1v) is 7.30. The summed E-state index contributed by atoms with van der Waals surface area (Å²) in [6.45, 7) is 3.11. The Bertz CT molecular complexity index is 609. The average molecular weight is 300 g/mol. The Balaban J connectivity index is 2.09. The van der Waals surface area contributed by atoms with E-state index in [0.717, 1.165) is 23.3 Å². The molecule has 0 aliphatic heterocycles. The highest BCUT2D eigenvalue weighted by atomic mass is 16.6. The predicted molar refractivity (Wildman–Crippen MR) is 86.2 cm³/mol. The van der Waals surface area contributed by atoms with Crippen LogP contribution >= 0.6 is 0 Å². The lowest BCUT2D eigenvalue weighted by Crippen LogP contribution is -2.15. The van der Waals surface area contributed by atoms with Gasteiger partial charge in [0.1, 0.15) is 5.75 Å². The Hall–Kier alpha value is -2.40. The second-order valence-corrected chi connectivity index (χ2v) is 5.06. The van der Waals surface area contributed by atoms with Gasteiger partial charge in [-0.15, -0.1) is 0 Å². The van der Waals surface area contributed by atoms with E-state index in [-0.39, 0.29) is 11.6 Å². The maximum atomic E-state index is 10.7. The van der Waals surface area contributed by atoms with Crippen molar-refractivity contribution in [1.29, 1.82) is 0 Å². The molecule has 2 aromatic rings. The standard InChI is InChI=1S/C17H20N2O3/c1-2-22-17-9-5-14(6-10-17)15(12-18)11-13-3-7-16(8-4-13)19(20)21/h3-10,15H,2,11-12,18H2,1H3. The minimum atomic E-state index is -0.392. The molecule has 0 bridgehead atoms. The van der Waals surface area contributed by atoms with Gasteiger partial charge in [-0.2, -0.15) is 0 Å². The molecule has 0 saturated carbocycles. The predicted octanol–water partition coefficient (Wildman–Crippen LogP) is 3.28. The van der Waals surface area contributed by atoms with Crippen LogP contribution in [0, 0.1) is 10.1 Å². The van der Waals surface area contributed by atoms with Crippen molar-refractivity contribution in [2.45, 2.75) is 19.3 Å². The number of rotatable bonds is 7. The van der Waals surface area contributed by atoms with Gasteiger partial charge in [-0.05, 0) is 43.1 Å². The summed E-state index contributed by atoms with van der Waals surface area (Å²) in [7, 11) is 0. The fourth-order valence-electron chi connectivity index (χ4n) is 2.38. The number of non-ortho nitro benzene ring substituents is 1. The zero-order chi connectivity index (χ0) is 15.9. The van der Waals surface area contributed by atoms with Crippen LogP contribution in [-0.4, -0.2) is 18.1 Å². The number of hydrogen-bond acceptors (Lipinski definition) is 4. The first-order valence-electron chi connectivity index (χ1n) is 7.30. The highest BCUT2D eigenvalue weighted by Crippen LogP contribution is 2.23. The van der Waals surface area contributed by atoms with Gasteiger partial charge in [-0.3, -0.25) is 10.1 Å². The van der Waals surface area contributed by atoms with Crippen LogP contribution in [0.2, 0.25) is 0 Å². The highest BCUT2D eigenvalue weighted by Gasteiger charge is 2.12. The van der Waals surface area contributed by atoms with Gasteiger partial charge in [0.25, 0.3) is 5.69 Å².